The largest absolute Gasteiger partial charge is 0.479 e. The van der Waals surface area contributed by atoms with Crippen molar-refractivity contribution < 1.29 is 43.8 Å². The first-order chi connectivity index (χ1) is 21.0. The number of aromatic nitrogens is 1. The molecule has 4 aliphatic rings. The zero-order valence-electron chi connectivity index (χ0n) is 22.4. The molecule has 1 aromatic heterocycles. The first-order valence-electron chi connectivity index (χ1n) is 12.6. The van der Waals surface area contributed by atoms with E-state index in [-0.39, 0.29) is 33.7 Å². The second-order valence-electron chi connectivity index (χ2n) is 9.36. The molecule has 2 fully saturated rings. The van der Waals surface area contributed by atoms with Crippen molar-refractivity contribution in [2.24, 2.45) is 5.16 Å². The number of rotatable bonds is 11. The van der Waals surface area contributed by atoms with E-state index in [0.29, 0.717) is 11.1 Å². The van der Waals surface area contributed by atoms with Crippen LogP contribution >= 0.6 is 34.9 Å². The van der Waals surface area contributed by atoms with Gasteiger partial charge in [0.25, 0.3) is 23.6 Å². The Bertz CT molecular complexity index is 1620. The van der Waals surface area contributed by atoms with Gasteiger partial charge in [-0.15, -0.1) is 34.9 Å². The third-order valence-electron chi connectivity index (χ3n) is 6.80. The van der Waals surface area contributed by atoms with Gasteiger partial charge in [-0.3, -0.25) is 29.0 Å². The number of fused-ring (bicyclic) bond motifs is 2. The van der Waals surface area contributed by atoms with Gasteiger partial charge < -0.3 is 31.4 Å². The van der Waals surface area contributed by atoms with E-state index in [1.54, 1.807) is 0 Å². The Labute approximate surface area is 260 Å². The Hall–Kier alpha value is -4.62. The number of thiazole rings is 1. The molecule has 44 heavy (non-hydrogen) atoms. The minimum absolute atomic E-state index is 0.00474. The molecular formula is C25H23N7O9S3. The number of nitrogens with zero attached hydrogens (tertiary/aromatic N) is 4. The Morgan fingerprint density at radius 3 is 2.11 bits per heavy atom. The van der Waals surface area contributed by atoms with Crippen molar-refractivity contribution in [3.63, 3.8) is 0 Å². The predicted molar refractivity (Wildman–Crippen MR) is 159 cm³/mol. The summed E-state index contributed by atoms with van der Waals surface area (Å²) in [6.07, 6.45) is 2.79. The van der Waals surface area contributed by atoms with Crippen molar-refractivity contribution in [3.8, 4) is 0 Å². The summed E-state index contributed by atoms with van der Waals surface area (Å²) in [5, 5.41) is 27.4. The van der Waals surface area contributed by atoms with E-state index in [1.807, 2.05) is 0 Å². The molecule has 0 aliphatic carbocycles. The molecule has 230 valence electrons. The molecule has 0 aromatic carbocycles. The van der Waals surface area contributed by atoms with Gasteiger partial charge in [-0.25, -0.2) is 14.6 Å². The highest BCUT2D eigenvalue weighted by atomic mass is 32.2. The molecule has 4 aliphatic heterocycles. The van der Waals surface area contributed by atoms with Gasteiger partial charge >= 0.3 is 11.9 Å². The fraction of sp³-hybridized carbons (Fsp3) is 0.280. The van der Waals surface area contributed by atoms with Crippen molar-refractivity contribution in [1.82, 2.24) is 25.4 Å². The maximum absolute atomic E-state index is 13.5. The molecular weight excluding hydrogens is 639 g/mol. The van der Waals surface area contributed by atoms with Gasteiger partial charge in [0.15, 0.2) is 10.8 Å². The van der Waals surface area contributed by atoms with E-state index in [1.165, 1.54) is 46.0 Å². The summed E-state index contributed by atoms with van der Waals surface area (Å²) < 4.78 is 0. The summed E-state index contributed by atoms with van der Waals surface area (Å²) in [7, 11) is 0. The predicted octanol–water partition coefficient (Wildman–Crippen LogP) is -0.705. The summed E-state index contributed by atoms with van der Waals surface area (Å²) >= 11 is 3.53. The smallest absolute Gasteiger partial charge is 0.352 e. The second kappa shape index (κ2) is 12.2. The molecule has 0 spiro atoms. The lowest BCUT2D eigenvalue weighted by Gasteiger charge is -2.51. The van der Waals surface area contributed by atoms with Crippen LogP contribution in [0.1, 0.15) is 5.69 Å². The molecule has 2 saturated heterocycles. The third-order valence-corrected chi connectivity index (χ3v) is 10.1. The molecule has 4 atom stereocenters. The van der Waals surface area contributed by atoms with Gasteiger partial charge in [-0.2, -0.15) is 0 Å². The van der Waals surface area contributed by atoms with Gasteiger partial charge in [-0.1, -0.05) is 30.5 Å². The number of hydrogen-bond acceptors (Lipinski definition) is 13. The minimum atomic E-state index is -1.33. The molecule has 0 bridgehead atoms. The summed E-state index contributed by atoms with van der Waals surface area (Å²) in [6, 6.07) is -2.14. The topological polar surface area (TPSA) is 234 Å². The van der Waals surface area contributed by atoms with Crippen molar-refractivity contribution in [2.75, 3.05) is 23.8 Å². The van der Waals surface area contributed by atoms with Crippen molar-refractivity contribution in [1.29, 1.82) is 0 Å². The van der Waals surface area contributed by atoms with E-state index in [2.05, 4.69) is 33.9 Å². The van der Waals surface area contributed by atoms with Gasteiger partial charge in [0.05, 0.1) is 0 Å². The van der Waals surface area contributed by atoms with E-state index < -0.39 is 70.7 Å². The van der Waals surface area contributed by atoms with E-state index in [0.717, 1.165) is 16.2 Å². The average Bonchev–Trinajstić information content (AvgIpc) is 3.43. The van der Waals surface area contributed by atoms with Crippen LogP contribution < -0.4 is 16.4 Å². The third kappa shape index (κ3) is 5.33. The van der Waals surface area contributed by atoms with E-state index >= 15 is 0 Å². The lowest BCUT2D eigenvalue weighted by molar-refractivity contribution is -0.151. The van der Waals surface area contributed by atoms with Crippen LogP contribution in [0, 0.1) is 0 Å². The Kier molecular flexibility index (Phi) is 8.53. The van der Waals surface area contributed by atoms with Crippen molar-refractivity contribution >= 4 is 81.3 Å². The number of hydrogen-bond donors (Lipinski definition) is 5. The van der Waals surface area contributed by atoms with Crippen LogP contribution in [-0.4, -0.2) is 107 Å². The molecule has 1 aromatic rings. The van der Waals surface area contributed by atoms with E-state index in [9.17, 15) is 33.9 Å². The normalized spacial score (nSPS) is 24.4. The number of carboxylic acid groups (broad SMARTS) is 2. The zero-order valence-corrected chi connectivity index (χ0v) is 24.9. The van der Waals surface area contributed by atoms with Crippen LogP contribution in [0.5, 0.6) is 0 Å². The van der Waals surface area contributed by atoms with Crippen LogP contribution in [0.3, 0.4) is 0 Å². The zero-order chi connectivity index (χ0) is 31.9. The highest BCUT2D eigenvalue weighted by Crippen LogP contribution is 2.43. The fourth-order valence-corrected chi connectivity index (χ4v) is 8.01. The Balaban J connectivity index is 1.31. The summed E-state index contributed by atoms with van der Waals surface area (Å²) in [6.45, 7) is 6.50. The van der Waals surface area contributed by atoms with Gasteiger partial charge in [0.1, 0.15) is 39.9 Å². The second-order valence-corrected chi connectivity index (χ2v) is 12.5. The van der Waals surface area contributed by atoms with Crippen molar-refractivity contribution in [3.05, 3.63) is 58.9 Å². The molecule has 6 N–H and O–H groups in total. The number of carbonyl (C=O) groups excluding carboxylic acids is 4. The van der Waals surface area contributed by atoms with Crippen molar-refractivity contribution in [2.45, 2.75) is 22.8 Å². The average molecular weight is 662 g/mol. The molecule has 16 nitrogen and oxygen atoms in total. The fourth-order valence-electron chi connectivity index (χ4n) is 4.79. The number of amides is 4. The maximum atomic E-state index is 13.5. The van der Waals surface area contributed by atoms with Crippen LogP contribution in [0.15, 0.2) is 58.4 Å². The van der Waals surface area contributed by atoms with Crippen LogP contribution in [0.25, 0.3) is 0 Å². The van der Waals surface area contributed by atoms with Crippen LogP contribution in [-0.2, 0) is 33.6 Å². The Morgan fingerprint density at radius 2 is 1.59 bits per heavy atom. The number of carboxylic acids is 2. The monoisotopic (exact) mass is 661 g/mol. The van der Waals surface area contributed by atoms with Crippen LogP contribution in [0.4, 0.5) is 5.13 Å². The molecule has 0 unspecified atom stereocenters. The number of thioether (sulfide) groups is 2. The molecule has 5 heterocycles. The molecule has 5 rings (SSSR count). The standard InChI is InChI=1S/C25H23N7O9S3/c1-3-9-6-42-22-14(28-18(35)13(30-41-5-12(33)34)11-8-44-25(26)27-11)20(37)31(22)16(9)19(36)29-15-21(38)32-17(24(39)40)10(4-2)7-43-23(15)32/h3-4,8,14-15,22-23H,1-2,5-7H2,(H2,26,27)(H,28,35)(H,29,36)(H,33,34)(H,39,40)/b30-13-/t14-,15-,22-,23-/m1/s1. The first kappa shape index (κ1) is 30.8. The SMILES string of the molecule is C=CC1=C(C(=O)O)N2C(=O)[C@@H](NC(=O)C3=C(C=C)CS[C@@H]4[C@H](NC(=O)/C(=N\OCC(=O)O)c5csc(N)n5)C(=O)N34)[C@H]2SC1. The van der Waals surface area contributed by atoms with Crippen LogP contribution in [0.2, 0.25) is 0 Å². The Morgan fingerprint density at radius 1 is 1.02 bits per heavy atom. The summed E-state index contributed by atoms with van der Waals surface area (Å²) in [5.74, 6) is -4.97. The first-order valence-corrected chi connectivity index (χ1v) is 15.5. The molecule has 0 radical (unpaired) electrons. The molecule has 19 heteroatoms. The maximum Gasteiger partial charge on any atom is 0.352 e. The lowest BCUT2D eigenvalue weighted by atomic mass is 10.00. The highest BCUT2D eigenvalue weighted by molar-refractivity contribution is 8.00. The number of nitrogens with two attached hydrogens (primary N) is 1. The molecule has 0 saturated carbocycles. The number of β-lactam (4-membered cyclic amide) rings is 2. The summed E-state index contributed by atoms with van der Waals surface area (Å²) in [4.78, 5) is 86.6. The number of nitrogens with one attached hydrogen (secondary N) is 2. The number of aliphatic carboxylic acids is 2. The molecule has 4 amide bonds. The quantitative estimate of drug-likeness (QED) is 0.112. The highest BCUT2D eigenvalue weighted by Gasteiger charge is 2.57. The number of anilines is 1. The number of carbonyl (C=O) groups is 6. The van der Waals surface area contributed by atoms with Gasteiger partial charge in [0, 0.05) is 16.9 Å². The number of allylic oxidation sites excluding steroid dienone is 2. The summed E-state index contributed by atoms with van der Waals surface area (Å²) in [5.41, 5.74) is 5.83. The minimum Gasteiger partial charge on any atom is -0.479 e. The number of nitrogen functional groups attached to an aromatic ring is 1. The lowest BCUT2D eigenvalue weighted by Crippen LogP contribution is -2.73. The van der Waals surface area contributed by atoms with E-state index in [4.69, 9.17) is 15.7 Å². The van der Waals surface area contributed by atoms with Gasteiger partial charge in [-0.05, 0) is 11.1 Å². The number of oxime groups is 1. The van der Waals surface area contributed by atoms with Gasteiger partial charge in [0.2, 0.25) is 6.61 Å².